The molecule has 2 aromatic rings. The van der Waals surface area contributed by atoms with Crippen LogP contribution in [0.25, 0.3) is 0 Å². The summed E-state index contributed by atoms with van der Waals surface area (Å²) >= 11 is 0. The molecule has 38 heavy (non-hydrogen) atoms. The number of allylic oxidation sites excluding steroid dienone is 2. The van der Waals surface area contributed by atoms with Crippen LogP contribution < -0.4 is 5.32 Å². The van der Waals surface area contributed by atoms with E-state index in [0.29, 0.717) is 24.7 Å². The van der Waals surface area contributed by atoms with Crippen molar-refractivity contribution in [1.82, 2.24) is 5.32 Å². The van der Waals surface area contributed by atoms with Crippen molar-refractivity contribution in [3.05, 3.63) is 95.3 Å². The zero-order valence-corrected chi connectivity index (χ0v) is 22.4. The number of aliphatic hydroxyl groups is 1. The summed E-state index contributed by atoms with van der Waals surface area (Å²) in [5.74, 6) is 1.19. The van der Waals surface area contributed by atoms with Gasteiger partial charge in [-0.2, -0.15) is 0 Å². The monoisotopic (exact) mass is 519 g/mol. The van der Waals surface area contributed by atoms with Crippen molar-refractivity contribution < 1.29 is 19.0 Å². The summed E-state index contributed by atoms with van der Waals surface area (Å²) in [5, 5.41) is 14.0. The van der Waals surface area contributed by atoms with E-state index in [0.717, 1.165) is 43.2 Å². The van der Waals surface area contributed by atoms with Gasteiger partial charge in [0.2, 0.25) is 0 Å². The standard InChI is InChI=1S/C33H42FNO3/c34-30-20-18-28(19-21-30)22-27-16-14-25(15-17-27)12-7-13-32(36)31(23-26-8-3-1-4-9-26)35-33(37)38-24-29-10-5-2-6-11-29/h1,3-5,8-11,18-21,25,27,31-32,36H,2,6-7,12-17,22-24H2,(H,35,37). The van der Waals surface area contributed by atoms with E-state index in [4.69, 9.17) is 4.74 Å². The molecule has 2 atom stereocenters. The summed E-state index contributed by atoms with van der Waals surface area (Å²) in [4.78, 5) is 12.6. The van der Waals surface area contributed by atoms with Crippen LogP contribution in [0.3, 0.4) is 0 Å². The Balaban J connectivity index is 1.21. The van der Waals surface area contributed by atoms with Gasteiger partial charge in [0.1, 0.15) is 12.4 Å². The van der Waals surface area contributed by atoms with Gasteiger partial charge < -0.3 is 15.2 Å². The van der Waals surface area contributed by atoms with Gasteiger partial charge in [-0.15, -0.1) is 0 Å². The highest BCUT2D eigenvalue weighted by Crippen LogP contribution is 2.34. The maximum atomic E-state index is 13.2. The fraction of sp³-hybridized carbons (Fsp3) is 0.485. The highest BCUT2D eigenvalue weighted by atomic mass is 19.1. The minimum atomic E-state index is -0.633. The fourth-order valence-electron chi connectivity index (χ4n) is 5.76. The Kier molecular flexibility index (Phi) is 11.0. The van der Waals surface area contributed by atoms with E-state index in [-0.39, 0.29) is 12.4 Å². The molecule has 4 rings (SSSR count). The molecular weight excluding hydrogens is 477 g/mol. The zero-order valence-electron chi connectivity index (χ0n) is 22.4. The van der Waals surface area contributed by atoms with E-state index in [9.17, 15) is 14.3 Å². The highest BCUT2D eigenvalue weighted by Gasteiger charge is 2.25. The second-order valence-corrected chi connectivity index (χ2v) is 11.0. The number of benzene rings is 2. The molecule has 0 aliphatic heterocycles. The van der Waals surface area contributed by atoms with Crippen LogP contribution in [0.15, 0.2) is 78.4 Å². The number of amides is 1. The molecule has 1 fully saturated rings. The van der Waals surface area contributed by atoms with Crippen LogP contribution in [0, 0.1) is 17.7 Å². The summed E-state index contributed by atoms with van der Waals surface area (Å²) < 4.78 is 18.6. The van der Waals surface area contributed by atoms with Gasteiger partial charge in [-0.25, -0.2) is 9.18 Å². The molecule has 2 aliphatic carbocycles. The Morgan fingerprint density at radius 3 is 2.42 bits per heavy atom. The molecule has 0 heterocycles. The Morgan fingerprint density at radius 1 is 0.974 bits per heavy atom. The van der Waals surface area contributed by atoms with Gasteiger partial charge in [-0.05, 0) is 85.6 Å². The summed E-state index contributed by atoms with van der Waals surface area (Å²) in [6, 6.07) is 16.5. The van der Waals surface area contributed by atoms with E-state index < -0.39 is 18.2 Å². The molecule has 0 spiro atoms. The summed E-state index contributed by atoms with van der Waals surface area (Å²) in [6.07, 6.45) is 16.2. The summed E-state index contributed by atoms with van der Waals surface area (Å²) in [6.45, 7) is 0.250. The lowest BCUT2D eigenvalue weighted by Gasteiger charge is -2.29. The first kappa shape index (κ1) is 28.1. The third-order valence-corrected chi connectivity index (χ3v) is 8.02. The van der Waals surface area contributed by atoms with Crippen molar-refractivity contribution >= 4 is 6.09 Å². The van der Waals surface area contributed by atoms with Crippen LogP contribution in [-0.4, -0.2) is 30.0 Å². The van der Waals surface area contributed by atoms with Crippen LogP contribution >= 0.6 is 0 Å². The van der Waals surface area contributed by atoms with Gasteiger partial charge in [-0.1, -0.05) is 86.4 Å². The first-order valence-corrected chi connectivity index (χ1v) is 14.3. The van der Waals surface area contributed by atoms with E-state index in [1.807, 2.05) is 48.5 Å². The molecule has 204 valence electrons. The number of aliphatic hydroxyl groups excluding tert-OH is 1. The fourth-order valence-corrected chi connectivity index (χ4v) is 5.76. The van der Waals surface area contributed by atoms with Crippen LogP contribution in [0.4, 0.5) is 9.18 Å². The van der Waals surface area contributed by atoms with Crippen molar-refractivity contribution in [1.29, 1.82) is 0 Å². The third-order valence-electron chi connectivity index (χ3n) is 8.02. The third kappa shape index (κ3) is 9.43. The second-order valence-electron chi connectivity index (χ2n) is 11.0. The number of rotatable bonds is 12. The molecule has 1 saturated carbocycles. The largest absolute Gasteiger partial charge is 0.445 e. The molecule has 5 heteroatoms. The van der Waals surface area contributed by atoms with E-state index >= 15 is 0 Å². The van der Waals surface area contributed by atoms with Gasteiger partial charge in [0.25, 0.3) is 0 Å². The maximum Gasteiger partial charge on any atom is 0.407 e. The number of carbonyl (C=O) groups is 1. The number of hydrogen-bond donors (Lipinski definition) is 2. The molecule has 2 N–H and O–H groups in total. The molecular formula is C33H42FNO3. The summed E-state index contributed by atoms with van der Waals surface area (Å²) in [7, 11) is 0. The average molecular weight is 520 g/mol. The zero-order chi connectivity index (χ0) is 26.6. The lowest BCUT2D eigenvalue weighted by atomic mass is 9.77. The van der Waals surface area contributed by atoms with Crippen molar-refractivity contribution in [3.63, 3.8) is 0 Å². The Hall–Kier alpha value is -2.92. The number of ether oxygens (including phenoxy) is 1. The van der Waals surface area contributed by atoms with Crippen LogP contribution in [0.1, 0.15) is 68.9 Å². The molecule has 0 aromatic heterocycles. The summed E-state index contributed by atoms with van der Waals surface area (Å²) in [5.41, 5.74) is 3.31. The first-order valence-electron chi connectivity index (χ1n) is 14.3. The lowest BCUT2D eigenvalue weighted by Crippen LogP contribution is -2.45. The van der Waals surface area contributed by atoms with Crippen LogP contribution in [0.5, 0.6) is 0 Å². The topological polar surface area (TPSA) is 58.6 Å². The van der Waals surface area contributed by atoms with Crippen molar-refractivity contribution in [2.45, 2.75) is 82.8 Å². The number of carbonyl (C=O) groups excluding carboxylic acids is 1. The van der Waals surface area contributed by atoms with Gasteiger partial charge in [0.15, 0.2) is 0 Å². The Morgan fingerprint density at radius 2 is 1.71 bits per heavy atom. The van der Waals surface area contributed by atoms with E-state index in [2.05, 4.69) is 17.5 Å². The molecule has 2 aromatic carbocycles. The minimum absolute atomic E-state index is 0.174. The van der Waals surface area contributed by atoms with E-state index in [1.165, 1.54) is 31.2 Å². The molecule has 0 bridgehead atoms. The second kappa shape index (κ2) is 14.9. The normalized spacial score (nSPS) is 20.8. The SMILES string of the molecule is O=C(NC(Cc1ccccc1)C(O)CCCC1CCC(Cc2ccc(F)cc2)CC1)OCC1=CCCC=C1. The number of hydrogen-bond acceptors (Lipinski definition) is 3. The first-order chi connectivity index (χ1) is 18.5. The predicted octanol–water partition coefficient (Wildman–Crippen LogP) is 7.32. The van der Waals surface area contributed by atoms with Gasteiger partial charge in [0, 0.05) is 0 Å². The van der Waals surface area contributed by atoms with Gasteiger partial charge in [0.05, 0.1) is 12.1 Å². The lowest BCUT2D eigenvalue weighted by molar-refractivity contribution is 0.0984. The van der Waals surface area contributed by atoms with Crippen LogP contribution in [0.2, 0.25) is 0 Å². The molecule has 2 aliphatic rings. The van der Waals surface area contributed by atoms with Gasteiger partial charge in [-0.3, -0.25) is 0 Å². The maximum absolute atomic E-state index is 13.2. The van der Waals surface area contributed by atoms with Gasteiger partial charge >= 0.3 is 6.09 Å². The van der Waals surface area contributed by atoms with Crippen molar-refractivity contribution in [2.24, 2.45) is 11.8 Å². The molecule has 1 amide bonds. The minimum Gasteiger partial charge on any atom is -0.445 e. The van der Waals surface area contributed by atoms with Crippen LogP contribution in [-0.2, 0) is 17.6 Å². The Bertz CT molecular complexity index is 1040. The predicted molar refractivity (Wildman–Crippen MR) is 150 cm³/mol. The molecule has 2 unspecified atom stereocenters. The Labute approximate surface area is 227 Å². The van der Waals surface area contributed by atoms with E-state index in [1.54, 1.807) is 12.1 Å². The molecule has 0 radical (unpaired) electrons. The smallest absolute Gasteiger partial charge is 0.407 e. The number of alkyl carbamates (subject to hydrolysis) is 1. The average Bonchev–Trinajstić information content (AvgIpc) is 2.95. The van der Waals surface area contributed by atoms with Crippen molar-refractivity contribution in [2.75, 3.05) is 6.61 Å². The number of halogens is 1. The highest BCUT2D eigenvalue weighted by molar-refractivity contribution is 5.68. The molecule has 0 saturated heterocycles. The molecule has 4 nitrogen and oxygen atoms in total. The quantitative estimate of drug-likeness (QED) is 0.309. The number of nitrogens with one attached hydrogen (secondary N) is 1. The van der Waals surface area contributed by atoms with Crippen molar-refractivity contribution in [3.8, 4) is 0 Å².